The van der Waals surface area contributed by atoms with Crippen LogP contribution >= 0.6 is 0 Å². The maximum atomic E-state index is 14.4. The van der Waals surface area contributed by atoms with Crippen molar-refractivity contribution in [1.29, 1.82) is 0 Å². The SMILES string of the molecule is Cn1cc(-c2cncc(-c3cc(-c4ccccc4F)nc4nccnc34)c2)cn1. The van der Waals surface area contributed by atoms with E-state index in [2.05, 4.69) is 25.0 Å². The van der Waals surface area contributed by atoms with Gasteiger partial charge in [0.2, 0.25) is 0 Å². The van der Waals surface area contributed by atoms with Gasteiger partial charge in [-0.2, -0.15) is 5.10 Å². The van der Waals surface area contributed by atoms with E-state index in [4.69, 9.17) is 0 Å². The van der Waals surface area contributed by atoms with Crippen LogP contribution in [0, 0.1) is 5.82 Å². The van der Waals surface area contributed by atoms with Crippen LogP contribution in [0.4, 0.5) is 4.39 Å². The molecule has 6 nitrogen and oxygen atoms in total. The Kier molecular flexibility index (Phi) is 4.05. The van der Waals surface area contributed by atoms with Gasteiger partial charge in [-0.15, -0.1) is 0 Å². The van der Waals surface area contributed by atoms with E-state index in [1.807, 2.05) is 25.4 Å². The molecule has 0 aliphatic heterocycles. The van der Waals surface area contributed by atoms with Crippen LogP contribution in [0.1, 0.15) is 0 Å². The number of fused-ring (bicyclic) bond motifs is 1. The number of pyridine rings is 2. The first-order valence-corrected chi connectivity index (χ1v) is 9.00. The molecule has 0 amide bonds. The highest BCUT2D eigenvalue weighted by atomic mass is 19.1. The standard InChI is InChI=1S/C22H15FN6/c1-29-13-16(12-27-29)14-8-15(11-24-10-14)18-9-20(17-4-2-3-5-19(17)23)28-22-21(18)25-6-7-26-22/h2-13H,1H3. The summed E-state index contributed by atoms with van der Waals surface area (Å²) in [5, 5.41) is 4.22. The summed E-state index contributed by atoms with van der Waals surface area (Å²) in [6.45, 7) is 0. The van der Waals surface area contributed by atoms with Gasteiger partial charge >= 0.3 is 0 Å². The minimum absolute atomic E-state index is 0.337. The normalized spacial score (nSPS) is 11.1. The second-order valence-electron chi connectivity index (χ2n) is 6.63. The van der Waals surface area contributed by atoms with Crippen LogP contribution in [0.25, 0.3) is 44.7 Å². The van der Waals surface area contributed by atoms with E-state index in [1.54, 1.807) is 53.9 Å². The number of aromatic nitrogens is 6. The lowest BCUT2D eigenvalue weighted by molar-refractivity contribution is 0.631. The first-order valence-electron chi connectivity index (χ1n) is 9.00. The Bertz CT molecular complexity index is 1340. The lowest BCUT2D eigenvalue weighted by Crippen LogP contribution is -1.95. The predicted molar refractivity (Wildman–Crippen MR) is 108 cm³/mol. The van der Waals surface area contributed by atoms with Gasteiger partial charge in [0, 0.05) is 65.8 Å². The predicted octanol–water partition coefficient (Wildman–Crippen LogP) is 4.29. The highest BCUT2D eigenvalue weighted by Gasteiger charge is 2.14. The zero-order valence-corrected chi connectivity index (χ0v) is 15.5. The van der Waals surface area contributed by atoms with Crippen LogP contribution < -0.4 is 0 Å². The van der Waals surface area contributed by atoms with Gasteiger partial charge in [-0.25, -0.2) is 14.4 Å². The molecule has 0 radical (unpaired) electrons. The Hall–Kier alpha value is -4.00. The highest BCUT2D eigenvalue weighted by Crippen LogP contribution is 2.32. The van der Waals surface area contributed by atoms with E-state index in [0.717, 1.165) is 22.3 Å². The Morgan fingerprint density at radius 3 is 2.52 bits per heavy atom. The van der Waals surface area contributed by atoms with Crippen molar-refractivity contribution in [1.82, 2.24) is 29.7 Å². The molecular weight excluding hydrogens is 367 g/mol. The fourth-order valence-corrected chi connectivity index (χ4v) is 3.30. The number of hydrogen-bond acceptors (Lipinski definition) is 5. The number of halogens is 1. The van der Waals surface area contributed by atoms with Crippen LogP contribution in [0.2, 0.25) is 0 Å². The monoisotopic (exact) mass is 382 g/mol. The molecule has 0 aliphatic carbocycles. The average molecular weight is 382 g/mol. The molecule has 0 fully saturated rings. The topological polar surface area (TPSA) is 69.4 Å². The summed E-state index contributed by atoms with van der Waals surface area (Å²) in [6, 6.07) is 10.4. The molecular formula is C22H15FN6. The molecule has 0 N–H and O–H groups in total. The van der Waals surface area contributed by atoms with Gasteiger partial charge < -0.3 is 0 Å². The molecule has 0 spiro atoms. The molecule has 0 saturated carbocycles. The van der Waals surface area contributed by atoms with E-state index in [-0.39, 0.29) is 5.82 Å². The van der Waals surface area contributed by atoms with Gasteiger partial charge in [0.15, 0.2) is 5.65 Å². The van der Waals surface area contributed by atoms with Crippen LogP contribution in [-0.2, 0) is 7.05 Å². The number of rotatable bonds is 3. The Balaban J connectivity index is 1.74. The van der Waals surface area contributed by atoms with Crippen molar-refractivity contribution in [2.24, 2.45) is 7.05 Å². The molecule has 4 aromatic heterocycles. The van der Waals surface area contributed by atoms with Gasteiger partial charge in [-0.05, 0) is 24.3 Å². The molecule has 5 rings (SSSR count). The van der Waals surface area contributed by atoms with Crippen molar-refractivity contribution in [2.75, 3.05) is 0 Å². The molecule has 29 heavy (non-hydrogen) atoms. The number of nitrogens with zero attached hydrogens (tertiary/aromatic N) is 6. The van der Waals surface area contributed by atoms with Gasteiger partial charge in [-0.1, -0.05) is 12.1 Å². The average Bonchev–Trinajstić information content (AvgIpc) is 3.20. The zero-order chi connectivity index (χ0) is 19.8. The summed E-state index contributed by atoms with van der Waals surface area (Å²) in [4.78, 5) is 17.7. The molecule has 5 aromatic rings. The Morgan fingerprint density at radius 1 is 0.862 bits per heavy atom. The maximum Gasteiger partial charge on any atom is 0.179 e. The zero-order valence-electron chi connectivity index (χ0n) is 15.5. The lowest BCUT2D eigenvalue weighted by atomic mass is 10.0. The third-order valence-electron chi connectivity index (χ3n) is 4.68. The molecule has 1 aromatic carbocycles. The molecule has 0 atom stereocenters. The van der Waals surface area contributed by atoms with Gasteiger partial charge in [-0.3, -0.25) is 14.6 Å². The number of aryl methyl sites for hydroxylation is 1. The van der Waals surface area contributed by atoms with Crippen LogP contribution in [0.3, 0.4) is 0 Å². The molecule has 7 heteroatoms. The molecule has 0 aliphatic rings. The van der Waals surface area contributed by atoms with Crippen molar-refractivity contribution in [3.05, 3.63) is 79.4 Å². The van der Waals surface area contributed by atoms with E-state index in [9.17, 15) is 4.39 Å². The third kappa shape index (κ3) is 3.12. The van der Waals surface area contributed by atoms with Crippen molar-refractivity contribution in [3.8, 4) is 33.5 Å². The van der Waals surface area contributed by atoms with E-state index < -0.39 is 0 Å². The first-order chi connectivity index (χ1) is 14.2. The van der Waals surface area contributed by atoms with E-state index in [0.29, 0.717) is 22.4 Å². The fourth-order valence-electron chi connectivity index (χ4n) is 3.30. The van der Waals surface area contributed by atoms with Gasteiger partial charge in [0.25, 0.3) is 0 Å². The summed E-state index contributed by atoms with van der Waals surface area (Å²) in [5.41, 5.74) is 5.53. The Morgan fingerprint density at radius 2 is 1.69 bits per heavy atom. The van der Waals surface area contributed by atoms with Crippen molar-refractivity contribution < 1.29 is 4.39 Å². The maximum absolute atomic E-state index is 14.4. The van der Waals surface area contributed by atoms with E-state index >= 15 is 0 Å². The van der Waals surface area contributed by atoms with Crippen LogP contribution in [-0.4, -0.2) is 29.7 Å². The highest BCUT2D eigenvalue weighted by molar-refractivity contribution is 5.92. The fraction of sp³-hybridized carbons (Fsp3) is 0.0455. The molecule has 140 valence electrons. The smallest absolute Gasteiger partial charge is 0.179 e. The third-order valence-corrected chi connectivity index (χ3v) is 4.68. The molecule has 0 unspecified atom stereocenters. The van der Waals surface area contributed by atoms with Crippen molar-refractivity contribution >= 4 is 11.2 Å². The molecule has 4 heterocycles. The van der Waals surface area contributed by atoms with Gasteiger partial charge in [0.05, 0.1) is 11.9 Å². The second kappa shape index (κ2) is 6.87. The minimum Gasteiger partial charge on any atom is -0.275 e. The summed E-state index contributed by atoms with van der Waals surface area (Å²) >= 11 is 0. The first kappa shape index (κ1) is 17.1. The van der Waals surface area contributed by atoms with E-state index in [1.165, 1.54) is 6.07 Å². The number of hydrogen-bond donors (Lipinski definition) is 0. The summed E-state index contributed by atoms with van der Waals surface area (Å²) in [6.07, 6.45) is 10.5. The van der Waals surface area contributed by atoms with Crippen LogP contribution in [0.5, 0.6) is 0 Å². The van der Waals surface area contributed by atoms with Gasteiger partial charge in [0.1, 0.15) is 11.3 Å². The second-order valence-corrected chi connectivity index (χ2v) is 6.63. The molecule has 0 bridgehead atoms. The Labute approximate surface area is 165 Å². The summed E-state index contributed by atoms with van der Waals surface area (Å²) < 4.78 is 16.1. The van der Waals surface area contributed by atoms with Crippen molar-refractivity contribution in [2.45, 2.75) is 0 Å². The number of benzene rings is 1. The van der Waals surface area contributed by atoms with Crippen LogP contribution in [0.15, 0.2) is 73.6 Å². The summed E-state index contributed by atoms with van der Waals surface area (Å²) in [7, 11) is 1.87. The minimum atomic E-state index is -0.337. The lowest BCUT2D eigenvalue weighted by Gasteiger charge is -2.10. The van der Waals surface area contributed by atoms with Crippen molar-refractivity contribution in [3.63, 3.8) is 0 Å². The largest absolute Gasteiger partial charge is 0.275 e. The summed E-state index contributed by atoms with van der Waals surface area (Å²) in [5.74, 6) is -0.337. The molecule has 0 saturated heterocycles. The quantitative estimate of drug-likeness (QED) is 0.465.